The van der Waals surface area contributed by atoms with E-state index in [0.29, 0.717) is 32.4 Å². The maximum Gasteiger partial charge on any atom is 0.263 e. The fourth-order valence-electron chi connectivity index (χ4n) is 3.10. The number of carbonyl (C=O) groups excluding carboxylic acids is 1. The molecule has 0 spiro atoms. The molecule has 4 rings (SSSR count). The van der Waals surface area contributed by atoms with Crippen molar-refractivity contribution in [2.75, 3.05) is 25.1 Å². The van der Waals surface area contributed by atoms with Gasteiger partial charge in [0.1, 0.15) is 9.71 Å². The van der Waals surface area contributed by atoms with E-state index >= 15 is 0 Å². The van der Waals surface area contributed by atoms with Gasteiger partial charge in [0.25, 0.3) is 5.91 Å². The molecule has 0 saturated carbocycles. The highest BCUT2D eigenvalue weighted by molar-refractivity contribution is 7.21. The van der Waals surface area contributed by atoms with Crippen molar-refractivity contribution in [2.45, 2.75) is 0 Å². The third-order valence-corrected chi connectivity index (χ3v) is 5.59. The Balaban J connectivity index is 1.95. The van der Waals surface area contributed by atoms with Gasteiger partial charge in [0, 0.05) is 19.7 Å². The first kappa shape index (κ1) is 17.9. The molecule has 28 heavy (non-hydrogen) atoms. The van der Waals surface area contributed by atoms with Crippen LogP contribution in [-0.2, 0) is 0 Å². The minimum absolute atomic E-state index is 0.226. The smallest absolute Gasteiger partial charge is 0.263 e. The van der Waals surface area contributed by atoms with E-state index in [-0.39, 0.29) is 5.91 Å². The molecule has 0 aliphatic rings. The predicted octanol–water partition coefficient (Wildman–Crippen LogP) is 4.01. The summed E-state index contributed by atoms with van der Waals surface area (Å²) in [5.41, 5.74) is 10.6. The third kappa shape index (κ3) is 3.05. The Morgan fingerprint density at radius 2 is 1.68 bits per heavy atom. The maximum atomic E-state index is 12.2. The zero-order chi connectivity index (χ0) is 19.7. The number of anilines is 2. The summed E-state index contributed by atoms with van der Waals surface area (Å²) < 4.78 is 0. The molecule has 4 aromatic rings. The number of hydrogen-bond donors (Lipinski definition) is 3. The maximum absolute atomic E-state index is 12.2. The number of benzene rings is 2. The normalized spacial score (nSPS) is 10.8. The molecule has 140 valence electrons. The molecule has 6 nitrogen and oxygen atoms in total. The highest BCUT2D eigenvalue weighted by Crippen LogP contribution is 2.39. The number of amides is 1. The molecule has 0 atom stereocenters. The summed E-state index contributed by atoms with van der Waals surface area (Å²) in [6.07, 6.45) is 0. The molecule has 2 aromatic carbocycles. The Morgan fingerprint density at radius 1 is 0.964 bits per heavy atom. The van der Waals surface area contributed by atoms with Gasteiger partial charge in [-0.3, -0.25) is 4.79 Å². The number of thiophene rings is 1. The van der Waals surface area contributed by atoms with Crippen LogP contribution >= 0.6 is 11.3 Å². The van der Waals surface area contributed by atoms with Gasteiger partial charge in [-0.1, -0.05) is 48.5 Å². The van der Waals surface area contributed by atoms with E-state index in [4.69, 9.17) is 5.73 Å². The predicted molar refractivity (Wildman–Crippen MR) is 116 cm³/mol. The molecule has 0 bridgehead atoms. The van der Waals surface area contributed by atoms with E-state index in [2.05, 4.69) is 44.9 Å². The van der Waals surface area contributed by atoms with Crippen LogP contribution in [0.25, 0.3) is 32.6 Å². The number of nitrogen functional groups attached to an aromatic ring is 1. The summed E-state index contributed by atoms with van der Waals surface area (Å²) in [5.74, 6) is 0.257. The molecule has 0 unspecified atom stereocenters. The van der Waals surface area contributed by atoms with E-state index in [1.165, 1.54) is 11.3 Å². The molecule has 2 aromatic heterocycles. The monoisotopic (exact) mass is 389 g/mol. The number of hydrogen-bond acceptors (Lipinski definition) is 6. The lowest BCUT2D eigenvalue weighted by Crippen LogP contribution is -2.17. The van der Waals surface area contributed by atoms with Gasteiger partial charge in [0.05, 0.1) is 16.8 Å². The van der Waals surface area contributed by atoms with Gasteiger partial charge >= 0.3 is 0 Å². The van der Waals surface area contributed by atoms with Gasteiger partial charge in [-0.15, -0.1) is 11.3 Å². The Labute approximate surface area is 166 Å². The summed E-state index contributed by atoms with van der Waals surface area (Å²) >= 11 is 1.27. The molecule has 4 N–H and O–H groups in total. The Kier molecular flexibility index (Phi) is 4.67. The Hall–Kier alpha value is -3.45. The highest BCUT2D eigenvalue weighted by atomic mass is 32.1. The topological polar surface area (TPSA) is 92.9 Å². The first-order chi connectivity index (χ1) is 13.6. The van der Waals surface area contributed by atoms with Gasteiger partial charge in [0.15, 0.2) is 0 Å². The van der Waals surface area contributed by atoms with Crippen LogP contribution in [0.2, 0.25) is 0 Å². The van der Waals surface area contributed by atoms with Crippen molar-refractivity contribution in [2.24, 2.45) is 0 Å². The second-order valence-electron chi connectivity index (χ2n) is 6.20. The molecular formula is C21H19N5OS. The molecule has 0 aliphatic heterocycles. The van der Waals surface area contributed by atoms with Gasteiger partial charge in [-0.05, 0) is 17.2 Å². The number of aromatic nitrogens is 2. The summed E-state index contributed by atoms with van der Waals surface area (Å²) in [6.45, 7) is 0. The van der Waals surface area contributed by atoms with Crippen molar-refractivity contribution >= 4 is 39.1 Å². The van der Waals surface area contributed by atoms with Crippen LogP contribution in [0.4, 0.5) is 11.6 Å². The Morgan fingerprint density at radius 3 is 2.39 bits per heavy atom. The van der Waals surface area contributed by atoms with Crippen LogP contribution in [0.1, 0.15) is 9.67 Å². The fourth-order valence-corrected chi connectivity index (χ4v) is 4.14. The second-order valence-corrected chi connectivity index (χ2v) is 7.20. The average Bonchev–Trinajstić information content (AvgIpc) is 3.09. The lowest BCUT2D eigenvalue weighted by molar-refractivity contribution is 0.0968. The number of nitrogens with one attached hydrogen (secondary N) is 2. The van der Waals surface area contributed by atoms with E-state index in [9.17, 15) is 4.79 Å². The minimum Gasteiger partial charge on any atom is -0.397 e. The van der Waals surface area contributed by atoms with Gasteiger partial charge in [-0.25, -0.2) is 9.97 Å². The molecule has 1 amide bonds. The first-order valence-corrected chi connectivity index (χ1v) is 9.59. The van der Waals surface area contributed by atoms with Crippen LogP contribution in [0, 0.1) is 0 Å². The molecule has 0 radical (unpaired) electrons. The lowest BCUT2D eigenvalue weighted by Gasteiger charge is -2.09. The summed E-state index contributed by atoms with van der Waals surface area (Å²) in [5, 5.41) is 6.32. The number of nitrogens with two attached hydrogens (primary N) is 1. The van der Waals surface area contributed by atoms with Crippen molar-refractivity contribution in [1.29, 1.82) is 0 Å². The summed E-state index contributed by atoms with van der Waals surface area (Å²) in [7, 11) is 3.35. The number of carbonyl (C=O) groups is 1. The zero-order valence-corrected chi connectivity index (χ0v) is 16.3. The average molecular weight is 389 g/mol. The summed E-state index contributed by atoms with van der Waals surface area (Å²) in [6, 6.07) is 18.3. The first-order valence-electron chi connectivity index (χ1n) is 8.78. The summed E-state index contributed by atoms with van der Waals surface area (Å²) in [4.78, 5) is 22.5. The lowest BCUT2D eigenvalue weighted by atomic mass is 10.0. The molecule has 0 saturated heterocycles. The van der Waals surface area contributed by atoms with Crippen molar-refractivity contribution in [3.63, 3.8) is 0 Å². The standard InChI is InChI=1S/C21H19N5OS/c1-23-19(27)18-16(22)15-17(25-21(24-2)26-20(15)28-18)14-10-6-9-13(11-14)12-7-4-3-5-8-12/h3-11H,22H2,1-2H3,(H,23,27)(H,24,25,26). The second kappa shape index (κ2) is 7.28. The molecule has 2 heterocycles. The highest BCUT2D eigenvalue weighted by Gasteiger charge is 2.21. The number of fused-ring (bicyclic) bond motifs is 1. The van der Waals surface area contributed by atoms with Crippen molar-refractivity contribution in [3.8, 4) is 22.4 Å². The van der Waals surface area contributed by atoms with Gasteiger partial charge in [0.2, 0.25) is 5.95 Å². The fraction of sp³-hybridized carbons (Fsp3) is 0.0952. The van der Waals surface area contributed by atoms with Gasteiger partial charge in [-0.2, -0.15) is 0 Å². The van der Waals surface area contributed by atoms with E-state index in [1.807, 2.05) is 30.3 Å². The zero-order valence-electron chi connectivity index (χ0n) is 15.5. The van der Waals surface area contributed by atoms with Crippen LogP contribution in [0.5, 0.6) is 0 Å². The quantitative estimate of drug-likeness (QED) is 0.490. The van der Waals surface area contributed by atoms with E-state index < -0.39 is 0 Å². The number of nitrogens with zero attached hydrogens (tertiary/aromatic N) is 2. The molecule has 0 aliphatic carbocycles. The van der Waals surface area contributed by atoms with Crippen molar-refractivity contribution in [1.82, 2.24) is 15.3 Å². The van der Waals surface area contributed by atoms with E-state index in [1.54, 1.807) is 14.1 Å². The van der Waals surface area contributed by atoms with Gasteiger partial charge < -0.3 is 16.4 Å². The van der Waals surface area contributed by atoms with Crippen molar-refractivity contribution < 1.29 is 4.79 Å². The van der Waals surface area contributed by atoms with Crippen LogP contribution in [0.3, 0.4) is 0 Å². The van der Waals surface area contributed by atoms with Crippen LogP contribution in [-0.4, -0.2) is 30.0 Å². The largest absolute Gasteiger partial charge is 0.397 e. The third-order valence-electron chi connectivity index (χ3n) is 4.49. The molecular weight excluding hydrogens is 370 g/mol. The number of rotatable bonds is 4. The van der Waals surface area contributed by atoms with Crippen LogP contribution < -0.4 is 16.4 Å². The minimum atomic E-state index is -0.226. The SMILES string of the molecule is CNC(=O)c1sc2nc(NC)nc(-c3cccc(-c4ccccc4)c3)c2c1N. The molecule has 7 heteroatoms. The molecule has 0 fully saturated rings. The van der Waals surface area contributed by atoms with Crippen LogP contribution in [0.15, 0.2) is 54.6 Å². The van der Waals surface area contributed by atoms with Crippen molar-refractivity contribution in [3.05, 3.63) is 59.5 Å². The van der Waals surface area contributed by atoms with E-state index in [0.717, 1.165) is 16.7 Å². The Bertz CT molecular complexity index is 1170.